The van der Waals surface area contributed by atoms with Crippen LogP contribution < -0.4 is 5.32 Å². The Morgan fingerprint density at radius 2 is 1.94 bits per heavy atom. The number of nitrogens with zero attached hydrogens (tertiary/aromatic N) is 2. The van der Waals surface area contributed by atoms with Crippen LogP contribution in [0.15, 0.2) is 24.5 Å². The molecule has 0 aromatic carbocycles. The molecule has 2 atom stereocenters. The summed E-state index contributed by atoms with van der Waals surface area (Å²) in [5.74, 6) is 0. The minimum atomic E-state index is 0.631. The van der Waals surface area contributed by atoms with Crippen LogP contribution in [0.2, 0.25) is 0 Å². The molecule has 3 nitrogen and oxygen atoms in total. The first kappa shape index (κ1) is 12.5. The quantitative estimate of drug-likeness (QED) is 0.862. The van der Waals surface area contributed by atoms with E-state index < -0.39 is 0 Å². The van der Waals surface area contributed by atoms with Crippen LogP contribution in [0.4, 0.5) is 0 Å². The van der Waals surface area contributed by atoms with E-state index in [1.165, 1.54) is 31.2 Å². The van der Waals surface area contributed by atoms with Gasteiger partial charge in [0.05, 0.1) is 0 Å². The molecule has 1 N–H and O–H groups in total. The second kappa shape index (κ2) is 6.12. The number of hydrogen-bond donors (Lipinski definition) is 1. The average molecular weight is 233 g/mol. The summed E-state index contributed by atoms with van der Waals surface area (Å²) in [4.78, 5) is 6.41. The highest BCUT2D eigenvalue weighted by Crippen LogP contribution is 2.21. The van der Waals surface area contributed by atoms with E-state index in [2.05, 4.69) is 41.4 Å². The largest absolute Gasteiger partial charge is 0.308 e. The van der Waals surface area contributed by atoms with Crippen molar-refractivity contribution in [1.82, 2.24) is 15.2 Å². The number of hydrogen-bond acceptors (Lipinski definition) is 3. The highest BCUT2D eigenvalue weighted by Gasteiger charge is 2.25. The predicted molar refractivity (Wildman–Crippen MR) is 70.8 cm³/mol. The molecule has 3 heteroatoms. The minimum Gasteiger partial charge on any atom is -0.308 e. The van der Waals surface area contributed by atoms with Crippen LogP contribution in [-0.4, -0.2) is 36.1 Å². The summed E-state index contributed by atoms with van der Waals surface area (Å²) in [6, 6.07) is 5.48. The van der Waals surface area contributed by atoms with Crippen molar-refractivity contribution in [3.63, 3.8) is 0 Å². The van der Waals surface area contributed by atoms with Gasteiger partial charge in [-0.2, -0.15) is 0 Å². The number of nitrogens with one attached hydrogen (secondary N) is 1. The van der Waals surface area contributed by atoms with Crippen molar-refractivity contribution >= 4 is 0 Å². The molecule has 0 aliphatic heterocycles. The van der Waals surface area contributed by atoms with Crippen LogP contribution in [-0.2, 0) is 6.54 Å². The van der Waals surface area contributed by atoms with Crippen molar-refractivity contribution in [3.05, 3.63) is 30.1 Å². The highest BCUT2D eigenvalue weighted by molar-refractivity contribution is 5.09. The van der Waals surface area contributed by atoms with Gasteiger partial charge in [0.1, 0.15) is 0 Å². The summed E-state index contributed by atoms with van der Waals surface area (Å²) >= 11 is 0. The summed E-state index contributed by atoms with van der Waals surface area (Å²) in [6.07, 6.45) is 9.08. The normalized spacial score (nSPS) is 25.1. The van der Waals surface area contributed by atoms with Crippen LogP contribution in [0.25, 0.3) is 0 Å². The summed E-state index contributed by atoms with van der Waals surface area (Å²) in [5.41, 5.74) is 1.32. The van der Waals surface area contributed by atoms with Gasteiger partial charge in [-0.15, -0.1) is 0 Å². The summed E-state index contributed by atoms with van der Waals surface area (Å²) in [6.45, 7) is 0.956. The van der Waals surface area contributed by atoms with E-state index >= 15 is 0 Å². The first-order valence-electron chi connectivity index (χ1n) is 6.56. The van der Waals surface area contributed by atoms with Crippen molar-refractivity contribution in [2.75, 3.05) is 14.1 Å². The number of likely N-dealkylation sites (N-methyl/N-ethyl adjacent to an activating group) is 1. The molecule has 0 radical (unpaired) electrons. The van der Waals surface area contributed by atoms with Gasteiger partial charge in [0.2, 0.25) is 0 Å². The molecule has 2 unspecified atom stereocenters. The van der Waals surface area contributed by atoms with Crippen LogP contribution in [0, 0.1) is 0 Å². The second-order valence-electron chi connectivity index (χ2n) is 5.16. The van der Waals surface area contributed by atoms with E-state index in [4.69, 9.17) is 0 Å². The zero-order chi connectivity index (χ0) is 12.1. The lowest BCUT2D eigenvalue weighted by Crippen LogP contribution is -2.48. The van der Waals surface area contributed by atoms with Crippen molar-refractivity contribution in [2.24, 2.45) is 0 Å². The molecule has 1 aromatic heterocycles. The summed E-state index contributed by atoms with van der Waals surface area (Å²) < 4.78 is 0. The van der Waals surface area contributed by atoms with E-state index in [0.29, 0.717) is 12.1 Å². The van der Waals surface area contributed by atoms with E-state index in [0.717, 1.165) is 6.54 Å². The maximum atomic E-state index is 4.05. The van der Waals surface area contributed by atoms with Crippen LogP contribution in [0.3, 0.4) is 0 Å². The van der Waals surface area contributed by atoms with E-state index in [-0.39, 0.29) is 0 Å². The van der Waals surface area contributed by atoms with Gasteiger partial charge in [0, 0.05) is 31.0 Å². The van der Waals surface area contributed by atoms with E-state index in [1.54, 1.807) is 0 Å². The number of pyridine rings is 1. The van der Waals surface area contributed by atoms with Crippen molar-refractivity contribution < 1.29 is 0 Å². The Morgan fingerprint density at radius 1 is 1.24 bits per heavy atom. The third kappa shape index (κ3) is 3.51. The van der Waals surface area contributed by atoms with Crippen molar-refractivity contribution in [2.45, 2.75) is 44.3 Å². The van der Waals surface area contributed by atoms with Crippen LogP contribution in [0.5, 0.6) is 0 Å². The molecule has 0 spiro atoms. The lowest BCUT2D eigenvalue weighted by atomic mass is 9.89. The molecule has 0 amide bonds. The van der Waals surface area contributed by atoms with Gasteiger partial charge in [0.15, 0.2) is 0 Å². The molecular weight excluding hydrogens is 210 g/mol. The third-order valence-electron chi connectivity index (χ3n) is 3.71. The lowest BCUT2D eigenvalue weighted by Gasteiger charge is -2.36. The van der Waals surface area contributed by atoms with Gasteiger partial charge in [-0.1, -0.05) is 12.8 Å². The first-order chi connectivity index (χ1) is 8.27. The maximum absolute atomic E-state index is 4.05. The van der Waals surface area contributed by atoms with Crippen LogP contribution >= 0.6 is 0 Å². The van der Waals surface area contributed by atoms with Gasteiger partial charge < -0.3 is 10.2 Å². The molecule has 1 heterocycles. The molecule has 0 saturated heterocycles. The molecule has 1 aliphatic rings. The third-order valence-corrected chi connectivity index (χ3v) is 3.71. The fraction of sp³-hybridized carbons (Fsp3) is 0.643. The van der Waals surface area contributed by atoms with Gasteiger partial charge in [0.25, 0.3) is 0 Å². The minimum absolute atomic E-state index is 0.631. The van der Waals surface area contributed by atoms with E-state index in [9.17, 15) is 0 Å². The molecule has 0 bridgehead atoms. The molecule has 1 fully saturated rings. The SMILES string of the molecule is CN(C)C1CCCCC1NCc1ccncc1. The topological polar surface area (TPSA) is 28.2 Å². The standard InChI is InChI=1S/C14H23N3/c1-17(2)14-6-4-3-5-13(14)16-11-12-7-9-15-10-8-12/h7-10,13-14,16H,3-6,11H2,1-2H3. The zero-order valence-corrected chi connectivity index (χ0v) is 10.9. The number of aromatic nitrogens is 1. The van der Waals surface area contributed by atoms with Crippen molar-refractivity contribution in [1.29, 1.82) is 0 Å². The maximum Gasteiger partial charge on any atom is 0.0271 e. The monoisotopic (exact) mass is 233 g/mol. The highest BCUT2D eigenvalue weighted by atomic mass is 15.1. The van der Waals surface area contributed by atoms with Gasteiger partial charge in [-0.25, -0.2) is 0 Å². The molecule has 1 aromatic rings. The van der Waals surface area contributed by atoms with Gasteiger partial charge in [-0.3, -0.25) is 4.98 Å². The lowest BCUT2D eigenvalue weighted by molar-refractivity contribution is 0.176. The summed E-state index contributed by atoms with van der Waals surface area (Å²) in [7, 11) is 4.38. The molecule has 1 aliphatic carbocycles. The molecule has 2 rings (SSSR count). The molecule has 1 saturated carbocycles. The Hall–Kier alpha value is -0.930. The van der Waals surface area contributed by atoms with E-state index in [1.807, 2.05) is 12.4 Å². The van der Waals surface area contributed by atoms with Crippen LogP contribution in [0.1, 0.15) is 31.2 Å². The molecule has 17 heavy (non-hydrogen) atoms. The zero-order valence-electron chi connectivity index (χ0n) is 10.9. The Morgan fingerprint density at radius 3 is 2.65 bits per heavy atom. The first-order valence-corrected chi connectivity index (χ1v) is 6.56. The predicted octanol–water partition coefficient (Wildman–Crippen LogP) is 2.04. The Labute approximate surface area is 104 Å². The fourth-order valence-electron chi connectivity index (χ4n) is 2.72. The second-order valence-corrected chi connectivity index (χ2v) is 5.16. The summed E-state index contributed by atoms with van der Waals surface area (Å²) in [5, 5.41) is 3.70. The van der Waals surface area contributed by atoms with Gasteiger partial charge in [-0.05, 0) is 44.6 Å². The average Bonchev–Trinajstić information content (AvgIpc) is 2.38. The number of rotatable bonds is 4. The fourth-order valence-corrected chi connectivity index (χ4v) is 2.72. The Kier molecular flexibility index (Phi) is 4.51. The molecule has 94 valence electrons. The van der Waals surface area contributed by atoms with Gasteiger partial charge >= 0.3 is 0 Å². The molecular formula is C14H23N3. The Bertz CT molecular complexity index is 323. The smallest absolute Gasteiger partial charge is 0.0271 e. The van der Waals surface area contributed by atoms with Crippen molar-refractivity contribution in [3.8, 4) is 0 Å². The Balaban J connectivity index is 1.88.